The van der Waals surface area contributed by atoms with Crippen molar-refractivity contribution in [3.05, 3.63) is 35.4 Å². The van der Waals surface area contributed by atoms with Gasteiger partial charge in [0.05, 0.1) is 7.11 Å². The minimum absolute atomic E-state index is 0.0682. The third-order valence-electron chi connectivity index (χ3n) is 4.77. The fourth-order valence-electron chi connectivity index (χ4n) is 3.58. The average molecular weight is 301 g/mol. The molecule has 118 valence electrons. The van der Waals surface area contributed by atoms with Crippen LogP contribution in [0.2, 0.25) is 0 Å². The standard InChI is InChI=1S/C18H23NO3/c1-22-17(20)12-19-16-10-6-5-9-14(16)11-15(18(19)21)13-7-3-2-4-8-13/h5-6,9-11,13,18,21H,2-4,7-8,12H2,1H3. The van der Waals surface area contributed by atoms with Gasteiger partial charge in [0.25, 0.3) is 0 Å². The van der Waals surface area contributed by atoms with E-state index in [-0.39, 0.29) is 12.5 Å². The molecule has 3 rings (SSSR count). The fraction of sp³-hybridized carbons (Fsp3) is 0.500. The maximum atomic E-state index is 11.7. The van der Waals surface area contributed by atoms with Crippen LogP contribution in [0.4, 0.5) is 5.69 Å². The maximum Gasteiger partial charge on any atom is 0.325 e. The van der Waals surface area contributed by atoms with Gasteiger partial charge in [-0.05, 0) is 42.0 Å². The summed E-state index contributed by atoms with van der Waals surface area (Å²) in [5, 5.41) is 10.8. The maximum absolute atomic E-state index is 11.7. The highest BCUT2D eigenvalue weighted by molar-refractivity contribution is 5.81. The summed E-state index contributed by atoms with van der Waals surface area (Å²) in [6.07, 6.45) is 7.33. The molecular formula is C18H23NO3. The molecule has 4 nitrogen and oxygen atoms in total. The van der Waals surface area contributed by atoms with Crippen LogP contribution in [0.1, 0.15) is 37.7 Å². The number of aliphatic hydroxyl groups is 1. The van der Waals surface area contributed by atoms with Crippen LogP contribution in [0, 0.1) is 5.92 Å². The van der Waals surface area contributed by atoms with Gasteiger partial charge < -0.3 is 14.7 Å². The molecule has 1 aromatic carbocycles. The van der Waals surface area contributed by atoms with Gasteiger partial charge in [-0.2, -0.15) is 0 Å². The smallest absolute Gasteiger partial charge is 0.325 e. The topological polar surface area (TPSA) is 49.8 Å². The van der Waals surface area contributed by atoms with Gasteiger partial charge in [0.15, 0.2) is 0 Å². The number of rotatable bonds is 3. The Labute approximate surface area is 131 Å². The van der Waals surface area contributed by atoms with E-state index in [2.05, 4.69) is 6.08 Å². The normalized spacial score (nSPS) is 22.0. The second-order valence-electron chi connectivity index (χ2n) is 6.12. The molecule has 1 aliphatic heterocycles. The lowest BCUT2D eigenvalue weighted by atomic mass is 9.80. The van der Waals surface area contributed by atoms with Crippen molar-refractivity contribution in [1.82, 2.24) is 0 Å². The van der Waals surface area contributed by atoms with E-state index in [0.29, 0.717) is 5.92 Å². The summed E-state index contributed by atoms with van der Waals surface area (Å²) in [7, 11) is 1.38. The van der Waals surface area contributed by atoms with E-state index in [1.54, 1.807) is 4.90 Å². The monoisotopic (exact) mass is 301 g/mol. The van der Waals surface area contributed by atoms with Crippen molar-refractivity contribution in [3.63, 3.8) is 0 Å². The number of nitrogens with zero attached hydrogens (tertiary/aromatic N) is 1. The number of esters is 1. The summed E-state index contributed by atoms with van der Waals surface area (Å²) in [5.41, 5.74) is 3.00. The van der Waals surface area contributed by atoms with Crippen LogP contribution in [0.25, 0.3) is 6.08 Å². The van der Waals surface area contributed by atoms with Gasteiger partial charge in [-0.15, -0.1) is 0 Å². The summed E-state index contributed by atoms with van der Waals surface area (Å²) in [6.45, 7) is 0.0682. The van der Waals surface area contributed by atoms with Crippen molar-refractivity contribution in [3.8, 4) is 0 Å². The fourth-order valence-corrected chi connectivity index (χ4v) is 3.58. The molecule has 1 N–H and O–H groups in total. The zero-order chi connectivity index (χ0) is 15.5. The molecule has 0 amide bonds. The van der Waals surface area contributed by atoms with Crippen LogP contribution in [0.3, 0.4) is 0 Å². The predicted octanol–water partition coefficient (Wildman–Crippen LogP) is 2.96. The Balaban J connectivity index is 1.94. The van der Waals surface area contributed by atoms with Crippen molar-refractivity contribution in [1.29, 1.82) is 0 Å². The van der Waals surface area contributed by atoms with E-state index in [1.807, 2.05) is 24.3 Å². The van der Waals surface area contributed by atoms with Crippen molar-refractivity contribution < 1.29 is 14.6 Å². The number of fused-ring (bicyclic) bond motifs is 1. The molecule has 1 unspecified atom stereocenters. The van der Waals surface area contributed by atoms with Gasteiger partial charge in [0, 0.05) is 5.69 Å². The van der Waals surface area contributed by atoms with E-state index in [9.17, 15) is 9.90 Å². The number of benzene rings is 1. The first kappa shape index (κ1) is 15.1. The minimum Gasteiger partial charge on any atom is -0.468 e. The number of hydrogen-bond acceptors (Lipinski definition) is 4. The van der Waals surface area contributed by atoms with Gasteiger partial charge >= 0.3 is 5.97 Å². The molecular weight excluding hydrogens is 278 g/mol. The Bertz CT molecular complexity index is 575. The molecule has 0 radical (unpaired) electrons. The second kappa shape index (κ2) is 6.53. The van der Waals surface area contributed by atoms with E-state index >= 15 is 0 Å². The van der Waals surface area contributed by atoms with Crippen molar-refractivity contribution in [2.75, 3.05) is 18.6 Å². The minimum atomic E-state index is -0.739. The van der Waals surface area contributed by atoms with Crippen LogP contribution in [-0.2, 0) is 9.53 Å². The summed E-state index contributed by atoms with van der Waals surface area (Å²) >= 11 is 0. The van der Waals surface area contributed by atoms with Crippen molar-refractivity contribution >= 4 is 17.7 Å². The van der Waals surface area contributed by atoms with Gasteiger partial charge in [0.2, 0.25) is 0 Å². The number of para-hydroxylation sites is 1. The summed E-state index contributed by atoms with van der Waals surface area (Å²) in [5.74, 6) is 0.0796. The van der Waals surface area contributed by atoms with Gasteiger partial charge in [-0.25, -0.2) is 0 Å². The number of anilines is 1. The van der Waals surface area contributed by atoms with E-state index in [0.717, 1.165) is 29.7 Å². The molecule has 0 aromatic heterocycles. The lowest BCUT2D eigenvalue weighted by Crippen LogP contribution is -2.44. The Morgan fingerprint density at radius 1 is 1.27 bits per heavy atom. The van der Waals surface area contributed by atoms with Crippen LogP contribution in [0.15, 0.2) is 29.8 Å². The number of hydrogen-bond donors (Lipinski definition) is 1. The Morgan fingerprint density at radius 3 is 2.73 bits per heavy atom. The average Bonchev–Trinajstić information content (AvgIpc) is 2.57. The number of carbonyl (C=O) groups excluding carboxylic acids is 1. The molecule has 1 fully saturated rings. The van der Waals surface area contributed by atoms with Gasteiger partial charge in [-0.3, -0.25) is 4.79 Å². The SMILES string of the molecule is COC(=O)CN1c2ccccc2C=C(C2CCCCC2)C1O. The lowest BCUT2D eigenvalue weighted by molar-refractivity contribution is -0.139. The number of ether oxygens (including phenoxy) is 1. The van der Waals surface area contributed by atoms with Crippen LogP contribution in [0.5, 0.6) is 0 Å². The third-order valence-corrected chi connectivity index (χ3v) is 4.77. The van der Waals surface area contributed by atoms with Crippen LogP contribution < -0.4 is 4.90 Å². The molecule has 0 bridgehead atoms. The van der Waals surface area contributed by atoms with Crippen LogP contribution in [-0.4, -0.2) is 31.0 Å². The zero-order valence-corrected chi connectivity index (χ0v) is 13.0. The molecule has 1 heterocycles. The zero-order valence-electron chi connectivity index (χ0n) is 13.0. The second-order valence-corrected chi connectivity index (χ2v) is 6.12. The van der Waals surface area contributed by atoms with Crippen molar-refractivity contribution in [2.45, 2.75) is 38.3 Å². The molecule has 0 spiro atoms. The summed E-state index contributed by atoms with van der Waals surface area (Å²) in [6, 6.07) is 7.89. The predicted molar refractivity (Wildman–Crippen MR) is 86.4 cm³/mol. The van der Waals surface area contributed by atoms with E-state index < -0.39 is 6.23 Å². The Kier molecular flexibility index (Phi) is 4.48. The number of methoxy groups -OCH3 is 1. The van der Waals surface area contributed by atoms with E-state index in [4.69, 9.17) is 4.74 Å². The molecule has 1 atom stereocenters. The first-order chi connectivity index (χ1) is 10.7. The molecule has 1 aliphatic carbocycles. The number of carbonyl (C=O) groups is 1. The molecule has 2 aliphatic rings. The highest BCUT2D eigenvalue weighted by Gasteiger charge is 2.32. The highest BCUT2D eigenvalue weighted by atomic mass is 16.5. The largest absolute Gasteiger partial charge is 0.468 e. The van der Waals surface area contributed by atoms with Gasteiger partial charge in [-0.1, -0.05) is 37.5 Å². The molecule has 0 saturated heterocycles. The highest BCUT2D eigenvalue weighted by Crippen LogP contribution is 2.39. The quantitative estimate of drug-likeness (QED) is 0.872. The van der Waals surface area contributed by atoms with Crippen molar-refractivity contribution in [2.24, 2.45) is 5.92 Å². The first-order valence-electron chi connectivity index (χ1n) is 8.02. The molecule has 1 saturated carbocycles. The molecule has 1 aromatic rings. The van der Waals surface area contributed by atoms with Gasteiger partial charge in [0.1, 0.15) is 12.8 Å². The third kappa shape index (κ3) is 2.88. The first-order valence-corrected chi connectivity index (χ1v) is 8.02. The number of aliphatic hydroxyl groups excluding tert-OH is 1. The Hall–Kier alpha value is -1.81. The van der Waals surface area contributed by atoms with E-state index in [1.165, 1.54) is 26.4 Å². The summed E-state index contributed by atoms with van der Waals surface area (Å²) in [4.78, 5) is 13.5. The molecule has 4 heteroatoms. The van der Waals surface area contributed by atoms with Crippen LogP contribution >= 0.6 is 0 Å². The summed E-state index contributed by atoms with van der Waals surface area (Å²) < 4.78 is 4.79. The lowest BCUT2D eigenvalue weighted by Gasteiger charge is -2.39. The molecule has 22 heavy (non-hydrogen) atoms. The Morgan fingerprint density at radius 2 is 2.00 bits per heavy atom.